The molecule has 1 saturated heterocycles. The highest BCUT2D eigenvalue weighted by Gasteiger charge is 2.31. The van der Waals surface area contributed by atoms with Crippen molar-refractivity contribution >= 4 is 5.78 Å². The number of ketones is 1. The van der Waals surface area contributed by atoms with Crippen LogP contribution in [0.5, 0.6) is 0 Å². The first-order chi connectivity index (χ1) is 7.07. The summed E-state index contributed by atoms with van der Waals surface area (Å²) in [5, 5.41) is 0. The van der Waals surface area contributed by atoms with Gasteiger partial charge in [0.15, 0.2) is 5.78 Å². The fourth-order valence-corrected chi connectivity index (χ4v) is 2.68. The number of allylic oxidation sites excluding steroid dienone is 2. The van der Waals surface area contributed by atoms with Crippen molar-refractivity contribution in [3.63, 3.8) is 0 Å². The van der Waals surface area contributed by atoms with Gasteiger partial charge in [-0.15, -0.1) is 0 Å². The molecule has 1 aliphatic heterocycles. The van der Waals surface area contributed by atoms with Gasteiger partial charge in [0.2, 0.25) is 0 Å². The minimum Gasteiger partial charge on any atom is -0.303 e. The molecule has 15 heavy (non-hydrogen) atoms. The van der Waals surface area contributed by atoms with Crippen molar-refractivity contribution < 1.29 is 4.79 Å². The first-order valence-electron chi connectivity index (χ1n) is 6.02. The Hall–Kier alpha value is -0.630. The second-order valence-corrected chi connectivity index (χ2v) is 5.63. The highest BCUT2D eigenvalue weighted by atomic mass is 16.1. The van der Waals surface area contributed by atoms with Gasteiger partial charge in [-0.05, 0) is 43.8 Å². The van der Waals surface area contributed by atoms with Gasteiger partial charge in [-0.3, -0.25) is 4.79 Å². The van der Waals surface area contributed by atoms with Gasteiger partial charge in [-0.1, -0.05) is 19.9 Å². The van der Waals surface area contributed by atoms with Crippen LogP contribution >= 0.6 is 0 Å². The van der Waals surface area contributed by atoms with Crippen molar-refractivity contribution in [1.82, 2.24) is 4.90 Å². The molecule has 1 heterocycles. The lowest BCUT2D eigenvalue weighted by Crippen LogP contribution is -2.35. The van der Waals surface area contributed by atoms with Gasteiger partial charge in [-0.2, -0.15) is 0 Å². The molecule has 0 radical (unpaired) electrons. The largest absolute Gasteiger partial charge is 0.303 e. The number of hydrogen-bond acceptors (Lipinski definition) is 2. The Kier molecular flexibility index (Phi) is 2.96. The molecular weight excluding hydrogens is 186 g/mol. The summed E-state index contributed by atoms with van der Waals surface area (Å²) >= 11 is 0. The van der Waals surface area contributed by atoms with E-state index in [1.54, 1.807) is 6.08 Å². The molecule has 1 fully saturated rings. The first-order valence-corrected chi connectivity index (χ1v) is 6.02. The molecule has 2 heteroatoms. The first kappa shape index (κ1) is 10.9. The van der Waals surface area contributed by atoms with Crippen LogP contribution in [0.4, 0.5) is 0 Å². The van der Waals surface area contributed by atoms with E-state index in [1.165, 1.54) is 25.9 Å². The van der Waals surface area contributed by atoms with E-state index in [0.29, 0.717) is 5.78 Å². The highest BCUT2D eigenvalue weighted by molar-refractivity contribution is 5.92. The summed E-state index contributed by atoms with van der Waals surface area (Å²) < 4.78 is 0. The average molecular weight is 207 g/mol. The summed E-state index contributed by atoms with van der Waals surface area (Å²) in [6.45, 7) is 7.79. The summed E-state index contributed by atoms with van der Waals surface area (Å²) in [6, 6.07) is 0. The van der Waals surface area contributed by atoms with Crippen LogP contribution in [0.2, 0.25) is 0 Å². The fourth-order valence-electron chi connectivity index (χ4n) is 2.68. The van der Waals surface area contributed by atoms with Crippen molar-refractivity contribution in [1.29, 1.82) is 0 Å². The zero-order valence-electron chi connectivity index (χ0n) is 9.83. The minimum absolute atomic E-state index is 0.207. The zero-order valence-corrected chi connectivity index (χ0v) is 9.83. The second-order valence-electron chi connectivity index (χ2n) is 5.63. The van der Waals surface area contributed by atoms with Gasteiger partial charge in [0.1, 0.15) is 0 Å². The summed E-state index contributed by atoms with van der Waals surface area (Å²) in [4.78, 5) is 14.2. The van der Waals surface area contributed by atoms with Crippen molar-refractivity contribution in [3.05, 3.63) is 12.2 Å². The lowest BCUT2D eigenvalue weighted by atomic mass is 9.76. The number of hydrogen-bond donors (Lipinski definition) is 0. The van der Waals surface area contributed by atoms with Gasteiger partial charge >= 0.3 is 0 Å². The molecule has 0 aromatic heterocycles. The number of rotatable bonds is 2. The topological polar surface area (TPSA) is 20.3 Å². The lowest BCUT2D eigenvalue weighted by Gasteiger charge is -2.31. The SMILES string of the molecule is CC1(C)C=CC(=O)C(CN2CCCC2)C1. The monoisotopic (exact) mass is 207 g/mol. The van der Waals surface area contributed by atoms with Crippen LogP contribution in [0, 0.1) is 11.3 Å². The number of nitrogens with zero attached hydrogens (tertiary/aromatic N) is 1. The van der Waals surface area contributed by atoms with E-state index >= 15 is 0 Å². The molecule has 1 unspecified atom stereocenters. The molecule has 0 bridgehead atoms. The average Bonchev–Trinajstić information content (AvgIpc) is 2.64. The predicted octanol–water partition coefficient (Wildman–Crippen LogP) is 2.25. The Morgan fingerprint density at radius 3 is 2.73 bits per heavy atom. The number of carbonyl (C=O) groups is 1. The van der Waals surface area contributed by atoms with E-state index in [-0.39, 0.29) is 11.3 Å². The molecule has 0 saturated carbocycles. The van der Waals surface area contributed by atoms with Gasteiger partial charge in [-0.25, -0.2) is 0 Å². The normalized spacial score (nSPS) is 31.1. The van der Waals surface area contributed by atoms with Crippen molar-refractivity contribution in [3.8, 4) is 0 Å². The Labute approximate surface area is 92.3 Å². The van der Waals surface area contributed by atoms with Gasteiger partial charge in [0.05, 0.1) is 0 Å². The van der Waals surface area contributed by atoms with Crippen LogP contribution in [0.1, 0.15) is 33.1 Å². The Bertz CT molecular complexity index is 274. The number of carbonyl (C=O) groups excluding carboxylic acids is 1. The van der Waals surface area contributed by atoms with Crippen LogP contribution in [0.15, 0.2) is 12.2 Å². The summed E-state index contributed by atoms with van der Waals surface area (Å²) in [7, 11) is 0. The van der Waals surface area contributed by atoms with Gasteiger partial charge in [0.25, 0.3) is 0 Å². The van der Waals surface area contributed by atoms with E-state index in [0.717, 1.165) is 13.0 Å². The molecule has 0 aromatic rings. The maximum atomic E-state index is 11.8. The van der Waals surface area contributed by atoms with E-state index < -0.39 is 0 Å². The molecular formula is C13H21NO. The molecule has 1 aliphatic carbocycles. The molecule has 0 aromatic carbocycles. The minimum atomic E-state index is 0.207. The van der Waals surface area contributed by atoms with Crippen molar-refractivity contribution in [2.75, 3.05) is 19.6 Å². The van der Waals surface area contributed by atoms with Gasteiger partial charge in [0, 0.05) is 12.5 Å². The standard InChI is InChI=1S/C13H21NO/c1-13(2)6-5-12(15)11(9-13)10-14-7-3-4-8-14/h5-6,11H,3-4,7-10H2,1-2H3. The Morgan fingerprint density at radius 2 is 2.07 bits per heavy atom. The molecule has 2 nitrogen and oxygen atoms in total. The number of likely N-dealkylation sites (tertiary alicyclic amines) is 1. The van der Waals surface area contributed by atoms with Crippen LogP contribution in [-0.2, 0) is 4.79 Å². The third kappa shape index (κ3) is 2.69. The smallest absolute Gasteiger partial charge is 0.159 e. The van der Waals surface area contributed by atoms with Crippen molar-refractivity contribution in [2.45, 2.75) is 33.1 Å². The van der Waals surface area contributed by atoms with E-state index in [2.05, 4.69) is 24.8 Å². The molecule has 84 valence electrons. The molecule has 2 rings (SSSR count). The van der Waals surface area contributed by atoms with Crippen LogP contribution in [0.25, 0.3) is 0 Å². The van der Waals surface area contributed by atoms with E-state index in [1.807, 2.05) is 0 Å². The third-order valence-corrected chi connectivity index (χ3v) is 3.55. The van der Waals surface area contributed by atoms with Crippen LogP contribution in [-0.4, -0.2) is 30.3 Å². The summed E-state index contributed by atoms with van der Waals surface area (Å²) in [6.07, 6.45) is 7.49. The lowest BCUT2D eigenvalue weighted by molar-refractivity contribution is -0.120. The molecule has 0 N–H and O–H groups in total. The van der Waals surface area contributed by atoms with Crippen molar-refractivity contribution in [2.24, 2.45) is 11.3 Å². The predicted molar refractivity (Wildman–Crippen MR) is 61.7 cm³/mol. The fraction of sp³-hybridized carbons (Fsp3) is 0.769. The highest BCUT2D eigenvalue weighted by Crippen LogP contribution is 2.32. The molecule has 2 aliphatic rings. The maximum absolute atomic E-state index is 11.8. The summed E-state index contributed by atoms with van der Waals surface area (Å²) in [5.74, 6) is 0.573. The summed E-state index contributed by atoms with van der Waals surface area (Å²) in [5.41, 5.74) is 0.207. The molecule has 0 spiro atoms. The molecule has 0 amide bonds. The second kappa shape index (κ2) is 4.09. The van der Waals surface area contributed by atoms with Crippen LogP contribution in [0.3, 0.4) is 0 Å². The van der Waals surface area contributed by atoms with E-state index in [9.17, 15) is 4.79 Å². The molecule has 1 atom stereocenters. The quantitative estimate of drug-likeness (QED) is 0.692. The Morgan fingerprint density at radius 1 is 1.40 bits per heavy atom. The zero-order chi connectivity index (χ0) is 10.9. The van der Waals surface area contributed by atoms with E-state index in [4.69, 9.17) is 0 Å². The third-order valence-electron chi connectivity index (χ3n) is 3.55. The van der Waals surface area contributed by atoms with Gasteiger partial charge < -0.3 is 4.90 Å². The Balaban J connectivity index is 1.96. The maximum Gasteiger partial charge on any atom is 0.159 e. The van der Waals surface area contributed by atoms with Crippen LogP contribution < -0.4 is 0 Å².